The van der Waals surface area contributed by atoms with E-state index in [0.717, 1.165) is 11.6 Å². The first-order valence-electron chi connectivity index (χ1n) is 9.47. The highest BCUT2D eigenvalue weighted by Crippen LogP contribution is 2.37. The van der Waals surface area contributed by atoms with Crippen LogP contribution in [0.1, 0.15) is 11.1 Å². The first-order valence-corrected chi connectivity index (χ1v) is 9.47. The van der Waals surface area contributed by atoms with Crippen molar-refractivity contribution in [1.29, 1.82) is 0 Å². The Morgan fingerprint density at radius 2 is 1.81 bits per heavy atom. The molecule has 5 rings (SSSR count). The van der Waals surface area contributed by atoms with Gasteiger partial charge in [-0.1, -0.05) is 30.3 Å². The van der Waals surface area contributed by atoms with Crippen LogP contribution in [0.5, 0.6) is 17.2 Å². The van der Waals surface area contributed by atoms with Gasteiger partial charge < -0.3 is 14.2 Å². The van der Waals surface area contributed by atoms with Crippen LogP contribution in [0.2, 0.25) is 0 Å². The molecule has 0 spiro atoms. The van der Waals surface area contributed by atoms with Gasteiger partial charge in [0.15, 0.2) is 11.5 Å². The number of rotatable bonds is 4. The van der Waals surface area contributed by atoms with Crippen LogP contribution < -0.4 is 14.2 Å². The average molecular weight is 422 g/mol. The highest BCUT2D eigenvalue weighted by Gasteiger charge is 2.33. The van der Waals surface area contributed by atoms with E-state index in [2.05, 4.69) is 11.1 Å². The van der Waals surface area contributed by atoms with Crippen molar-refractivity contribution in [2.45, 2.75) is 12.8 Å². The third-order valence-electron chi connectivity index (χ3n) is 4.98. The summed E-state index contributed by atoms with van der Waals surface area (Å²) in [6.07, 6.45) is -3.21. The number of aromatic nitrogens is 1. The summed E-state index contributed by atoms with van der Waals surface area (Å²) in [6, 6.07) is 19.7. The molecule has 0 aliphatic carbocycles. The summed E-state index contributed by atoms with van der Waals surface area (Å²) in [5, 5.41) is 0.380. The first-order chi connectivity index (χ1) is 15.0. The largest absolute Gasteiger partial charge is 0.489 e. The van der Waals surface area contributed by atoms with E-state index in [1.165, 1.54) is 12.3 Å². The van der Waals surface area contributed by atoms with Crippen LogP contribution in [-0.2, 0) is 12.8 Å². The molecule has 1 aliphatic rings. The molecule has 1 aromatic heterocycles. The number of hydrogen-bond acceptors (Lipinski definition) is 4. The number of nitrogens with zero attached hydrogens (tertiary/aromatic N) is 1. The third-order valence-corrected chi connectivity index (χ3v) is 4.98. The van der Waals surface area contributed by atoms with Crippen LogP contribution in [0.25, 0.3) is 22.0 Å². The minimum Gasteiger partial charge on any atom is -0.489 e. The van der Waals surface area contributed by atoms with Gasteiger partial charge in [-0.05, 0) is 41.5 Å². The second kappa shape index (κ2) is 7.50. The van der Waals surface area contributed by atoms with Crippen molar-refractivity contribution in [2.24, 2.45) is 0 Å². The molecular weight excluding hydrogens is 407 g/mol. The minimum absolute atomic E-state index is 0.101. The maximum Gasteiger partial charge on any atom is 0.418 e. The van der Waals surface area contributed by atoms with Crippen LogP contribution in [0.3, 0.4) is 0 Å². The van der Waals surface area contributed by atoms with E-state index in [1.807, 2.05) is 18.2 Å². The van der Waals surface area contributed by atoms with Gasteiger partial charge in [-0.3, -0.25) is 4.98 Å². The van der Waals surface area contributed by atoms with Crippen LogP contribution in [-0.4, -0.2) is 11.8 Å². The predicted octanol–water partition coefficient (Wildman–Crippen LogP) is 6.03. The topological polar surface area (TPSA) is 40.6 Å². The molecule has 0 unspecified atom stereocenters. The maximum absolute atomic E-state index is 13.4. The molecule has 4 aromatic rings. The third kappa shape index (κ3) is 3.74. The normalized spacial score (nSPS) is 12.9. The maximum atomic E-state index is 13.4. The molecule has 0 atom stereocenters. The van der Waals surface area contributed by atoms with Crippen LogP contribution in [0.15, 0.2) is 66.9 Å². The van der Waals surface area contributed by atoms with E-state index in [0.29, 0.717) is 40.4 Å². The fourth-order valence-electron chi connectivity index (χ4n) is 3.53. The van der Waals surface area contributed by atoms with Gasteiger partial charge in [-0.25, -0.2) is 0 Å². The van der Waals surface area contributed by atoms with Gasteiger partial charge in [0.2, 0.25) is 6.79 Å². The summed E-state index contributed by atoms with van der Waals surface area (Å²) in [5.74, 6) is 1.96. The number of benzene rings is 3. The zero-order chi connectivity index (χ0) is 21.4. The van der Waals surface area contributed by atoms with Crippen molar-refractivity contribution in [3.05, 3.63) is 84.1 Å². The average Bonchev–Trinajstić information content (AvgIpc) is 3.24. The summed E-state index contributed by atoms with van der Waals surface area (Å²) in [7, 11) is 0. The zero-order valence-corrected chi connectivity index (χ0v) is 16.1. The van der Waals surface area contributed by atoms with Gasteiger partial charge in [0.25, 0.3) is 0 Å². The Kier molecular flexibility index (Phi) is 4.66. The quantitative estimate of drug-likeness (QED) is 0.403. The molecular formula is C24H15F3NO3. The van der Waals surface area contributed by atoms with Crippen LogP contribution >= 0.6 is 0 Å². The first kappa shape index (κ1) is 19.2. The highest BCUT2D eigenvalue weighted by molar-refractivity contribution is 5.96. The van der Waals surface area contributed by atoms with Gasteiger partial charge in [0.05, 0.1) is 11.1 Å². The number of halogens is 3. The summed E-state index contributed by atoms with van der Waals surface area (Å²) < 4.78 is 56.7. The lowest BCUT2D eigenvalue weighted by atomic mass is 9.99. The number of hydrogen-bond donors (Lipinski definition) is 0. The smallest absolute Gasteiger partial charge is 0.418 e. The van der Waals surface area contributed by atoms with Crippen molar-refractivity contribution < 1.29 is 27.4 Å². The molecule has 0 fully saturated rings. The van der Waals surface area contributed by atoms with Crippen LogP contribution in [0, 0.1) is 6.07 Å². The second-order valence-electron chi connectivity index (χ2n) is 6.98. The number of para-hydroxylation sites is 1. The molecule has 0 bridgehead atoms. The number of alkyl halides is 3. The molecule has 4 nitrogen and oxygen atoms in total. The zero-order valence-electron chi connectivity index (χ0n) is 16.1. The molecule has 3 aromatic carbocycles. The number of pyridine rings is 1. The number of fused-ring (bicyclic) bond motifs is 2. The van der Waals surface area contributed by atoms with Gasteiger partial charge in [0.1, 0.15) is 12.4 Å². The lowest BCUT2D eigenvalue weighted by Crippen LogP contribution is -2.06. The molecule has 1 aliphatic heterocycles. The Labute approximate surface area is 175 Å². The Morgan fingerprint density at radius 3 is 2.68 bits per heavy atom. The fourth-order valence-corrected chi connectivity index (χ4v) is 3.53. The van der Waals surface area contributed by atoms with Crippen molar-refractivity contribution in [3.63, 3.8) is 0 Å². The van der Waals surface area contributed by atoms with Gasteiger partial charge in [0, 0.05) is 23.2 Å². The fraction of sp³-hybridized carbons (Fsp3) is 0.125. The van der Waals surface area contributed by atoms with E-state index in [-0.39, 0.29) is 12.3 Å². The molecule has 1 radical (unpaired) electrons. The summed E-state index contributed by atoms with van der Waals surface area (Å²) in [4.78, 5) is 3.93. The summed E-state index contributed by atoms with van der Waals surface area (Å²) >= 11 is 0. The second-order valence-corrected chi connectivity index (χ2v) is 6.98. The Hall–Kier alpha value is -3.74. The molecule has 31 heavy (non-hydrogen) atoms. The van der Waals surface area contributed by atoms with E-state index in [9.17, 15) is 13.2 Å². The van der Waals surface area contributed by atoms with E-state index in [1.54, 1.807) is 30.3 Å². The summed E-state index contributed by atoms with van der Waals surface area (Å²) in [5.41, 5.74) is 1.26. The molecule has 0 N–H and O–H groups in total. The molecule has 7 heteroatoms. The predicted molar refractivity (Wildman–Crippen MR) is 108 cm³/mol. The van der Waals surface area contributed by atoms with Gasteiger partial charge >= 0.3 is 6.18 Å². The lowest BCUT2D eigenvalue weighted by molar-refractivity contribution is -0.136. The SMILES string of the molecule is FC(F)(F)c1cccc2c(-c3cccc(OCc4ccc5c(c4)OCO5)c3)[c]cnc12. The van der Waals surface area contributed by atoms with E-state index < -0.39 is 11.7 Å². The van der Waals surface area contributed by atoms with Crippen molar-refractivity contribution in [3.8, 4) is 28.4 Å². The molecule has 155 valence electrons. The van der Waals surface area contributed by atoms with Gasteiger partial charge in [-0.15, -0.1) is 0 Å². The highest BCUT2D eigenvalue weighted by atomic mass is 19.4. The molecule has 2 heterocycles. The van der Waals surface area contributed by atoms with Crippen molar-refractivity contribution in [1.82, 2.24) is 4.98 Å². The molecule has 0 saturated heterocycles. The lowest BCUT2D eigenvalue weighted by Gasteiger charge is -2.13. The van der Waals surface area contributed by atoms with Crippen molar-refractivity contribution >= 4 is 10.9 Å². The Balaban J connectivity index is 1.45. The van der Waals surface area contributed by atoms with E-state index in [4.69, 9.17) is 14.2 Å². The number of ether oxygens (including phenoxy) is 3. The van der Waals surface area contributed by atoms with Gasteiger partial charge in [-0.2, -0.15) is 13.2 Å². The van der Waals surface area contributed by atoms with E-state index >= 15 is 0 Å². The molecule has 0 saturated carbocycles. The van der Waals surface area contributed by atoms with Crippen molar-refractivity contribution in [2.75, 3.05) is 6.79 Å². The molecule has 0 amide bonds. The standard InChI is InChI=1S/C24H15F3NO3/c25-24(26,27)20-6-2-5-19-18(9-10-28-23(19)20)16-3-1-4-17(12-16)29-13-15-7-8-21-22(11-15)31-14-30-21/h1-8,10-12H,13-14H2. The Morgan fingerprint density at radius 1 is 0.968 bits per heavy atom. The Bertz CT molecular complexity index is 1270. The van der Waals surface area contributed by atoms with Crippen LogP contribution in [0.4, 0.5) is 13.2 Å². The monoisotopic (exact) mass is 422 g/mol. The minimum atomic E-state index is -4.49. The summed E-state index contributed by atoms with van der Waals surface area (Å²) in [6.45, 7) is 0.507.